The number of aromatic nitrogens is 4. The predicted octanol–water partition coefficient (Wildman–Crippen LogP) is 1.18. The summed E-state index contributed by atoms with van der Waals surface area (Å²) in [5.41, 5.74) is 7.26. The van der Waals surface area contributed by atoms with Gasteiger partial charge in [0.05, 0.1) is 0 Å². The van der Waals surface area contributed by atoms with E-state index in [0.717, 1.165) is 21.5 Å². The van der Waals surface area contributed by atoms with Crippen molar-refractivity contribution in [1.82, 2.24) is 31.1 Å². The maximum Gasteiger partial charge on any atom is 0.276 e. The van der Waals surface area contributed by atoms with Crippen molar-refractivity contribution < 1.29 is 14.3 Å². The van der Waals surface area contributed by atoms with E-state index in [9.17, 15) is 9.59 Å². The molecule has 1 heterocycles. The Bertz CT molecular complexity index is 951. The van der Waals surface area contributed by atoms with Crippen LogP contribution in [-0.4, -0.2) is 38.6 Å². The van der Waals surface area contributed by atoms with Crippen LogP contribution in [0, 0.1) is 13.8 Å². The van der Waals surface area contributed by atoms with Crippen LogP contribution >= 0.6 is 0 Å². The lowest BCUT2D eigenvalue weighted by molar-refractivity contribution is -0.130. The smallest absolute Gasteiger partial charge is 0.276 e. The van der Waals surface area contributed by atoms with Crippen molar-refractivity contribution in [3.05, 3.63) is 59.7 Å². The molecule has 0 unspecified atom stereocenters. The van der Waals surface area contributed by atoms with Crippen molar-refractivity contribution in [2.75, 3.05) is 6.61 Å². The Kier molecular flexibility index (Phi) is 5.95. The molecule has 0 saturated heterocycles. The number of aryl methyl sites for hydroxylation is 2. The first kappa shape index (κ1) is 19.0. The lowest BCUT2D eigenvalue weighted by Gasteiger charge is -2.12. The third-order valence-corrected chi connectivity index (χ3v) is 3.87. The predicted molar refractivity (Wildman–Crippen MR) is 101 cm³/mol. The van der Waals surface area contributed by atoms with Crippen LogP contribution in [-0.2, 0) is 16.1 Å². The monoisotopic (exact) mass is 380 g/mol. The van der Waals surface area contributed by atoms with Crippen LogP contribution < -0.4 is 15.6 Å². The molecule has 0 fully saturated rings. The number of hydrazine groups is 1. The molecule has 28 heavy (non-hydrogen) atoms. The molecule has 2 aromatic carbocycles. The molecule has 2 N–H and O–H groups in total. The minimum atomic E-state index is -0.488. The number of nitrogens with zero attached hydrogens (tertiary/aromatic N) is 4. The summed E-state index contributed by atoms with van der Waals surface area (Å²) in [5.74, 6) is 0.105. The standard InChI is InChI=1S/C19H20N6O3/c1-13-7-6-8-14(2)18(13)28-12-17(27)21-20-16(26)11-25-23-19(22-24-25)15-9-4-3-5-10-15/h3-10H,11-12H2,1-2H3,(H,20,26)(H,21,27). The lowest BCUT2D eigenvalue weighted by Crippen LogP contribution is -2.45. The number of amides is 2. The molecule has 3 aromatic rings. The molecule has 0 atom stereocenters. The van der Waals surface area contributed by atoms with E-state index in [2.05, 4.69) is 26.3 Å². The van der Waals surface area contributed by atoms with Gasteiger partial charge in [-0.15, -0.1) is 10.2 Å². The zero-order valence-electron chi connectivity index (χ0n) is 15.5. The Hall–Kier alpha value is -3.75. The lowest BCUT2D eigenvalue weighted by atomic mass is 10.1. The fraction of sp³-hybridized carbons (Fsp3) is 0.211. The topological polar surface area (TPSA) is 111 Å². The van der Waals surface area contributed by atoms with Gasteiger partial charge in [0, 0.05) is 5.56 Å². The number of hydrogen-bond donors (Lipinski definition) is 2. The summed E-state index contributed by atoms with van der Waals surface area (Å²) >= 11 is 0. The van der Waals surface area contributed by atoms with Crippen molar-refractivity contribution >= 4 is 11.8 Å². The summed E-state index contributed by atoms with van der Waals surface area (Å²) in [4.78, 5) is 25.0. The Morgan fingerprint density at radius 3 is 2.36 bits per heavy atom. The maximum atomic E-state index is 11.9. The molecular weight excluding hydrogens is 360 g/mol. The van der Waals surface area contributed by atoms with Crippen LogP contribution in [0.5, 0.6) is 5.75 Å². The van der Waals surface area contributed by atoms with Gasteiger partial charge in [-0.05, 0) is 30.2 Å². The van der Waals surface area contributed by atoms with Gasteiger partial charge in [-0.3, -0.25) is 20.4 Å². The molecule has 0 spiro atoms. The zero-order valence-corrected chi connectivity index (χ0v) is 15.5. The molecule has 0 saturated carbocycles. The minimum absolute atomic E-state index is 0.183. The van der Waals surface area contributed by atoms with Gasteiger partial charge >= 0.3 is 0 Å². The van der Waals surface area contributed by atoms with Gasteiger partial charge in [0.1, 0.15) is 12.3 Å². The van der Waals surface area contributed by atoms with Gasteiger partial charge in [-0.1, -0.05) is 48.5 Å². The summed E-state index contributed by atoms with van der Waals surface area (Å²) in [7, 11) is 0. The maximum absolute atomic E-state index is 11.9. The Labute approximate surface area is 161 Å². The first-order valence-corrected chi connectivity index (χ1v) is 8.63. The molecule has 0 bridgehead atoms. The van der Waals surface area contributed by atoms with Crippen LogP contribution in [0.2, 0.25) is 0 Å². The molecule has 1 aromatic heterocycles. The molecular formula is C19H20N6O3. The Morgan fingerprint density at radius 2 is 1.64 bits per heavy atom. The largest absolute Gasteiger partial charge is 0.483 e. The number of carbonyl (C=O) groups is 2. The van der Waals surface area contributed by atoms with Gasteiger partial charge < -0.3 is 4.74 Å². The third kappa shape index (κ3) is 4.91. The van der Waals surface area contributed by atoms with Crippen LogP contribution in [0.4, 0.5) is 0 Å². The number of carbonyl (C=O) groups excluding carboxylic acids is 2. The SMILES string of the molecule is Cc1cccc(C)c1OCC(=O)NNC(=O)Cn1nnc(-c2ccccc2)n1. The van der Waals surface area contributed by atoms with E-state index < -0.39 is 11.8 Å². The summed E-state index contributed by atoms with van der Waals surface area (Å²) in [6, 6.07) is 15.0. The first-order valence-electron chi connectivity index (χ1n) is 8.63. The summed E-state index contributed by atoms with van der Waals surface area (Å²) in [6.07, 6.45) is 0. The van der Waals surface area contributed by atoms with Crippen LogP contribution in [0.25, 0.3) is 11.4 Å². The minimum Gasteiger partial charge on any atom is -0.483 e. The summed E-state index contributed by atoms with van der Waals surface area (Å²) < 4.78 is 5.53. The van der Waals surface area contributed by atoms with Crippen LogP contribution in [0.3, 0.4) is 0 Å². The average molecular weight is 380 g/mol. The van der Waals surface area contributed by atoms with Crippen LogP contribution in [0.1, 0.15) is 11.1 Å². The van der Waals surface area contributed by atoms with Gasteiger partial charge in [0.25, 0.3) is 11.8 Å². The zero-order chi connectivity index (χ0) is 19.9. The quantitative estimate of drug-likeness (QED) is 0.622. The molecule has 0 aliphatic carbocycles. The van der Waals surface area contributed by atoms with E-state index in [-0.39, 0.29) is 13.2 Å². The van der Waals surface area contributed by atoms with E-state index in [4.69, 9.17) is 4.74 Å². The molecule has 9 nitrogen and oxygen atoms in total. The molecule has 3 rings (SSSR count). The fourth-order valence-electron chi connectivity index (χ4n) is 2.52. The van der Waals surface area contributed by atoms with Gasteiger partial charge in [0.15, 0.2) is 6.61 Å². The fourth-order valence-corrected chi connectivity index (χ4v) is 2.52. The summed E-state index contributed by atoms with van der Waals surface area (Å²) in [5, 5.41) is 11.9. The van der Waals surface area contributed by atoms with Crippen LogP contribution in [0.15, 0.2) is 48.5 Å². The second kappa shape index (κ2) is 8.76. The highest BCUT2D eigenvalue weighted by molar-refractivity contribution is 5.82. The number of rotatable bonds is 6. The second-order valence-electron chi connectivity index (χ2n) is 6.12. The second-order valence-corrected chi connectivity index (χ2v) is 6.12. The molecule has 144 valence electrons. The highest BCUT2D eigenvalue weighted by atomic mass is 16.5. The van der Waals surface area contributed by atoms with Crippen molar-refractivity contribution in [2.24, 2.45) is 0 Å². The van der Waals surface area contributed by atoms with E-state index in [1.807, 2.05) is 62.4 Å². The summed E-state index contributed by atoms with van der Waals surface area (Å²) in [6.45, 7) is 3.40. The van der Waals surface area contributed by atoms with Crippen molar-refractivity contribution in [3.63, 3.8) is 0 Å². The van der Waals surface area contributed by atoms with Crippen molar-refractivity contribution in [2.45, 2.75) is 20.4 Å². The van der Waals surface area contributed by atoms with Gasteiger partial charge in [0.2, 0.25) is 5.82 Å². The van der Waals surface area contributed by atoms with E-state index in [1.54, 1.807) is 0 Å². The average Bonchev–Trinajstić information content (AvgIpc) is 3.15. The third-order valence-electron chi connectivity index (χ3n) is 3.87. The van der Waals surface area contributed by atoms with E-state index in [1.165, 1.54) is 0 Å². The number of hydrogen-bond acceptors (Lipinski definition) is 6. The first-order chi connectivity index (χ1) is 13.5. The van der Waals surface area contributed by atoms with Gasteiger partial charge in [-0.2, -0.15) is 4.80 Å². The normalized spacial score (nSPS) is 10.4. The molecule has 0 aliphatic heterocycles. The Balaban J connectivity index is 1.45. The number of nitrogens with one attached hydrogen (secondary N) is 2. The molecule has 0 radical (unpaired) electrons. The number of para-hydroxylation sites is 1. The number of benzene rings is 2. The Morgan fingerprint density at radius 1 is 0.964 bits per heavy atom. The molecule has 9 heteroatoms. The van der Waals surface area contributed by atoms with Crippen molar-refractivity contribution in [1.29, 1.82) is 0 Å². The van der Waals surface area contributed by atoms with Crippen molar-refractivity contribution in [3.8, 4) is 17.1 Å². The molecule has 0 aliphatic rings. The number of tetrazole rings is 1. The molecule has 2 amide bonds. The highest BCUT2D eigenvalue weighted by Gasteiger charge is 2.11. The van der Waals surface area contributed by atoms with Gasteiger partial charge in [-0.25, -0.2) is 0 Å². The number of ether oxygens (including phenoxy) is 1. The highest BCUT2D eigenvalue weighted by Crippen LogP contribution is 2.21. The van der Waals surface area contributed by atoms with E-state index in [0.29, 0.717) is 11.6 Å². The van der Waals surface area contributed by atoms with E-state index >= 15 is 0 Å².